The number of rotatable bonds is 6. The Bertz CT molecular complexity index is 1390. The molecule has 0 amide bonds. The summed E-state index contributed by atoms with van der Waals surface area (Å²) in [5, 5.41) is 0. The van der Waals surface area contributed by atoms with E-state index in [2.05, 4.69) is 9.97 Å². The molecule has 3 aromatic rings. The van der Waals surface area contributed by atoms with Gasteiger partial charge in [0, 0.05) is 36.2 Å². The van der Waals surface area contributed by atoms with Crippen molar-refractivity contribution in [2.24, 2.45) is 7.05 Å². The third-order valence-corrected chi connectivity index (χ3v) is 7.23. The van der Waals surface area contributed by atoms with Gasteiger partial charge in [-0.1, -0.05) is 6.92 Å². The van der Waals surface area contributed by atoms with Crippen LogP contribution in [0.2, 0.25) is 0 Å². The molecule has 0 spiro atoms. The van der Waals surface area contributed by atoms with Gasteiger partial charge in [-0.2, -0.15) is 0 Å². The fourth-order valence-electron chi connectivity index (χ4n) is 3.91. The number of aryl methyl sites for hydroxylation is 1. The molecule has 0 saturated carbocycles. The van der Waals surface area contributed by atoms with Crippen LogP contribution in [0, 0.1) is 11.6 Å². The fraction of sp³-hybridized carbons (Fsp3) is 0.348. The lowest BCUT2D eigenvalue weighted by Gasteiger charge is -2.21. The number of ether oxygens (including phenoxy) is 1. The molecule has 2 heterocycles. The maximum Gasteiger partial charge on any atom is 0.253 e. The van der Waals surface area contributed by atoms with Gasteiger partial charge in [0.2, 0.25) is 0 Å². The summed E-state index contributed by atoms with van der Waals surface area (Å²) in [6.07, 6.45) is 5.96. The number of fused-ring (bicyclic) bond motifs is 1. The normalized spacial score (nSPS) is 13.6. The number of nitrogens with zero attached hydrogens (tertiary/aromatic N) is 3. The molecule has 174 valence electrons. The van der Waals surface area contributed by atoms with E-state index in [-0.39, 0.29) is 40.1 Å². The highest BCUT2D eigenvalue weighted by Crippen LogP contribution is 2.36. The molecule has 0 N–H and O–H groups in total. The molecule has 10 heteroatoms. The maximum atomic E-state index is 14.3. The van der Waals surface area contributed by atoms with Gasteiger partial charge in [-0.25, -0.2) is 27.2 Å². The Morgan fingerprint density at radius 2 is 1.85 bits per heavy atom. The summed E-state index contributed by atoms with van der Waals surface area (Å²) in [5.74, 6) is -2.17. The van der Waals surface area contributed by atoms with Gasteiger partial charge in [0.25, 0.3) is 5.56 Å². The van der Waals surface area contributed by atoms with Crippen molar-refractivity contribution in [3.05, 3.63) is 69.5 Å². The smallest absolute Gasteiger partial charge is 0.253 e. The summed E-state index contributed by atoms with van der Waals surface area (Å²) in [4.78, 5) is 21.3. The summed E-state index contributed by atoms with van der Waals surface area (Å²) >= 11 is 0. The zero-order valence-corrected chi connectivity index (χ0v) is 19.1. The molecule has 0 saturated heterocycles. The molecule has 0 aliphatic heterocycles. The van der Waals surface area contributed by atoms with Gasteiger partial charge < -0.3 is 9.30 Å². The van der Waals surface area contributed by atoms with Gasteiger partial charge in [0.15, 0.2) is 27.2 Å². The first kappa shape index (κ1) is 23.0. The summed E-state index contributed by atoms with van der Waals surface area (Å²) in [5.41, 5.74) is 2.26. The molecular weight excluding hydrogens is 452 g/mol. The SMILES string of the molecule is CCS(=O)(=O)Cc1ncc(Oc2ccc(F)cc2F)c(-c2cn(C)c(=O)c3c2CCCC3)n1. The Morgan fingerprint density at radius 1 is 1.12 bits per heavy atom. The number of hydrogen-bond acceptors (Lipinski definition) is 6. The van der Waals surface area contributed by atoms with Gasteiger partial charge >= 0.3 is 0 Å². The zero-order chi connectivity index (χ0) is 23.8. The van der Waals surface area contributed by atoms with Crippen LogP contribution < -0.4 is 10.3 Å². The zero-order valence-electron chi connectivity index (χ0n) is 18.3. The van der Waals surface area contributed by atoms with Crippen molar-refractivity contribution in [2.75, 3.05) is 5.75 Å². The van der Waals surface area contributed by atoms with Crippen molar-refractivity contribution < 1.29 is 21.9 Å². The average Bonchev–Trinajstić information content (AvgIpc) is 2.79. The lowest BCUT2D eigenvalue weighted by molar-refractivity contribution is 0.435. The van der Waals surface area contributed by atoms with E-state index in [1.54, 1.807) is 13.2 Å². The van der Waals surface area contributed by atoms with E-state index in [1.807, 2.05) is 0 Å². The summed E-state index contributed by atoms with van der Waals surface area (Å²) in [6.45, 7) is 1.54. The Labute approximate surface area is 190 Å². The van der Waals surface area contributed by atoms with Crippen LogP contribution in [-0.4, -0.2) is 28.7 Å². The Morgan fingerprint density at radius 3 is 2.55 bits per heavy atom. The predicted molar refractivity (Wildman–Crippen MR) is 119 cm³/mol. The van der Waals surface area contributed by atoms with Gasteiger partial charge in [0.1, 0.15) is 23.1 Å². The van der Waals surface area contributed by atoms with Crippen LogP contribution in [0.3, 0.4) is 0 Å². The van der Waals surface area contributed by atoms with Crippen molar-refractivity contribution in [1.29, 1.82) is 0 Å². The van der Waals surface area contributed by atoms with Crippen LogP contribution in [0.4, 0.5) is 8.78 Å². The summed E-state index contributed by atoms with van der Waals surface area (Å²) in [6, 6.07) is 2.92. The number of aromatic nitrogens is 3. The van der Waals surface area contributed by atoms with Gasteiger partial charge in [0.05, 0.1) is 6.20 Å². The Hall–Kier alpha value is -3.14. The largest absolute Gasteiger partial charge is 0.450 e. The number of halogens is 2. The van der Waals surface area contributed by atoms with Crippen LogP contribution in [-0.2, 0) is 35.5 Å². The first-order valence-electron chi connectivity index (χ1n) is 10.6. The van der Waals surface area contributed by atoms with E-state index in [1.165, 1.54) is 17.7 Å². The number of hydrogen-bond donors (Lipinski definition) is 0. The number of benzene rings is 1. The second-order valence-corrected chi connectivity index (χ2v) is 10.3. The lowest BCUT2D eigenvalue weighted by atomic mass is 9.88. The van der Waals surface area contributed by atoms with E-state index in [0.717, 1.165) is 30.5 Å². The molecule has 4 rings (SSSR count). The minimum atomic E-state index is -3.41. The topological polar surface area (TPSA) is 91.2 Å². The van der Waals surface area contributed by atoms with E-state index < -0.39 is 21.5 Å². The third kappa shape index (κ3) is 4.80. The van der Waals surface area contributed by atoms with Gasteiger partial charge in [-0.05, 0) is 43.4 Å². The average molecular weight is 476 g/mol. The lowest BCUT2D eigenvalue weighted by Crippen LogP contribution is -2.25. The standard InChI is InChI=1S/C23H23F2N3O4S/c1-3-33(30,31)13-21-26-11-20(32-19-9-8-14(24)10-18(19)25)22(27-21)17-12-28(2)23(29)16-7-5-4-6-15(16)17/h8-12H,3-7,13H2,1-2H3. The van der Waals surface area contributed by atoms with E-state index in [0.29, 0.717) is 30.0 Å². The van der Waals surface area contributed by atoms with E-state index in [9.17, 15) is 22.0 Å². The van der Waals surface area contributed by atoms with Crippen molar-refractivity contribution in [2.45, 2.75) is 38.4 Å². The molecule has 33 heavy (non-hydrogen) atoms. The molecule has 0 radical (unpaired) electrons. The minimum absolute atomic E-state index is 0.0668. The van der Waals surface area contributed by atoms with Crippen molar-refractivity contribution in [1.82, 2.24) is 14.5 Å². The van der Waals surface area contributed by atoms with E-state index >= 15 is 0 Å². The Kier molecular flexibility index (Phi) is 6.29. The van der Waals surface area contributed by atoms with Gasteiger partial charge in [-0.15, -0.1) is 0 Å². The first-order valence-corrected chi connectivity index (χ1v) is 12.4. The van der Waals surface area contributed by atoms with Crippen molar-refractivity contribution >= 4 is 9.84 Å². The quantitative estimate of drug-likeness (QED) is 0.540. The Balaban J connectivity index is 1.91. The third-order valence-electron chi connectivity index (χ3n) is 5.66. The second-order valence-electron chi connectivity index (χ2n) is 7.98. The predicted octanol–water partition coefficient (Wildman–Crippen LogP) is 3.73. The first-order chi connectivity index (χ1) is 15.7. The van der Waals surface area contributed by atoms with Crippen LogP contribution in [0.25, 0.3) is 11.3 Å². The highest BCUT2D eigenvalue weighted by Gasteiger charge is 2.24. The highest BCUT2D eigenvalue weighted by atomic mass is 32.2. The van der Waals surface area contributed by atoms with Crippen molar-refractivity contribution in [3.63, 3.8) is 0 Å². The fourth-order valence-corrected chi connectivity index (χ4v) is 4.64. The molecule has 7 nitrogen and oxygen atoms in total. The molecule has 1 aliphatic carbocycles. The molecule has 0 fully saturated rings. The molecular formula is C23H23F2N3O4S. The van der Waals surface area contributed by atoms with E-state index in [4.69, 9.17) is 4.74 Å². The van der Waals surface area contributed by atoms with Crippen LogP contribution in [0.15, 0.2) is 35.4 Å². The molecule has 1 aromatic carbocycles. The highest BCUT2D eigenvalue weighted by molar-refractivity contribution is 7.90. The van der Waals surface area contributed by atoms with Crippen LogP contribution in [0.1, 0.15) is 36.7 Å². The maximum absolute atomic E-state index is 14.3. The molecule has 0 unspecified atom stereocenters. The van der Waals surface area contributed by atoms with Crippen LogP contribution >= 0.6 is 0 Å². The second kappa shape index (κ2) is 9.01. The van der Waals surface area contributed by atoms with Gasteiger partial charge in [-0.3, -0.25) is 4.79 Å². The molecule has 2 aromatic heterocycles. The van der Waals surface area contributed by atoms with Crippen molar-refractivity contribution in [3.8, 4) is 22.8 Å². The number of pyridine rings is 1. The molecule has 0 bridgehead atoms. The molecule has 0 atom stereocenters. The van der Waals surface area contributed by atoms with Crippen LogP contribution in [0.5, 0.6) is 11.5 Å². The monoisotopic (exact) mass is 475 g/mol. The number of sulfone groups is 1. The minimum Gasteiger partial charge on any atom is -0.450 e. The molecule has 1 aliphatic rings. The summed E-state index contributed by atoms with van der Waals surface area (Å²) < 4.78 is 59.1. The summed E-state index contributed by atoms with van der Waals surface area (Å²) in [7, 11) is -1.78.